The van der Waals surface area contributed by atoms with Gasteiger partial charge in [0.05, 0.1) is 6.54 Å². The SMILES string of the molecule is CNCC1CCN(CCn2nc3ccccn3c2=O)CC1. The van der Waals surface area contributed by atoms with Gasteiger partial charge in [-0.2, -0.15) is 0 Å². The molecule has 2 aromatic rings. The molecule has 0 aromatic carbocycles. The summed E-state index contributed by atoms with van der Waals surface area (Å²) in [4.78, 5) is 14.6. The molecule has 1 aliphatic rings. The molecule has 3 rings (SSSR count). The van der Waals surface area contributed by atoms with Gasteiger partial charge in [0.1, 0.15) is 0 Å². The van der Waals surface area contributed by atoms with Crippen molar-refractivity contribution in [2.75, 3.05) is 33.2 Å². The standard InChI is InChI=1S/C15H23N5O/c1-16-12-13-5-8-18(9-6-13)10-11-20-15(21)19-7-3-2-4-14(19)17-20/h2-4,7,13,16H,5-6,8-12H2,1H3. The van der Waals surface area contributed by atoms with Crippen molar-refractivity contribution in [3.8, 4) is 0 Å². The molecule has 0 bridgehead atoms. The second kappa shape index (κ2) is 6.41. The molecule has 0 unspecified atom stereocenters. The van der Waals surface area contributed by atoms with Gasteiger partial charge in [-0.15, -0.1) is 5.10 Å². The van der Waals surface area contributed by atoms with Crippen molar-refractivity contribution >= 4 is 5.65 Å². The molecular weight excluding hydrogens is 266 g/mol. The molecular formula is C15H23N5O. The normalized spacial score (nSPS) is 17.6. The Bertz CT molecular complexity index is 639. The van der Waals surface area contributed by atoms with Crippen LogP contribution in [0.25, 0.3) is 5.65 Å². The molecule has 2 aromatic heterocycles. The van der Waals surface area contributed by atoms with Gasteiger partial charge in [0.15, 0.2) is 5.65 Å². The third-order valence-corrected chi connectivity index (χ3v) is 4.32. The van der Waals surface area contributed by atoms with E-state index in [1.54, 1.807) is 15.3 Å². The van der Waals surface area contributed by atoms with E-state index in [2.05, 4.69) is 15.3 Å². The average Bonchev–Trinajstić information content (AvgIpc) is 2.84. The first-order valence-electron chi connectivity index (χ1n) is 7.69. The number of nitrogens with one attached hydrogen (secondary N) is 1. The first kappa shape index (κ1) is 14.3. The molecule has 6 nitrogen and oxygen atoms in total. The summed E-state index contributed by atoms with van der Waals surface area (Å²) in [7, 11) is 2.02. The lowest BCUT2D eigenvalue weighted by atomic mass is 9.97. The fourth-order valence-corrected chi connectivity index (χ4v) is 3.05. The summed E-state index contributed by atoms with van der Waals surface area (Å²) < 4.78 is 3.17. The number of hydrogen-bond acceptors (Lipinski definition) is 4. The fraction of sp³-hybridized carbons (Fsp3) is 0.600. The molecule has 6 heteroatoms. The van der Waals surface area contributed by atoms with Crippen LogP contribution in [0.4, 0.5) is 0 Å². The first-order chi connectivity index (χ1) is 10.3. The van der Waals surface area contributed by atoms with Gasteiger partial charge < -0.3 is 10.2 Å². The van der Waals surface area contributed by atoms with Crippen LogP contribution in [-0.2, 0) is 6.54 Å². The van der Waals surface area contributed by atoms with Crippen LogP contribution in [0.5, 0.6) is 0 Å². The molecule has 0 amide bonds. The third kappa shape index (κ3) is 3.16. The molecule has 1 saturated heterocycles. The smallest absolute Gasteiger partial charge is 0.319 e. The number of likely N-dealkylation sites (tertiary alicyclic amines) is 1. The Morgan fingerprint density at radius 3 is 2.81 bits per heavy atom. The van der Waals surface area contributed by atoms with E-state index in [0.29, 0.717) is 6.54 Å². The lowest BCUT2D eigenvalue weighted by Gasteiger charge is -2.31. The van der Waals surface area contributed by atoms with Crippen molar-refractivity contribution in [2.24, 2.45) is 5.92 Å². The van der Waals surface area contributed by atoms with Crippen molar-refractivity contribution in [3.63, 3.8) is 0 Å². The summed E-state index contributed by atoms with van der Waals surface area (Å²) in [5, 5.41) is 7.63. The van der Waals surface area contributed by atoms with E-state index in [0.717, 1.165) is 37.7 Å². The number of aromatic nitrogens is 3. The number of hydrogen-bond donors (Lipinski definition) is 1. The number of piperidine rings is 1. The number of rotatable bonds is 5. The fourth-order valence-electron chi connectivity index (χ4n) is 3.05. The van der Waals surface area contributed by atoms with Crippen LogP contribution in [0.1, 0.15) is 12.8 Å². The lowest BCUT2D eigenvalue weighted by molar-refractivity contribution is 0.176. The van der Waals surface area contributed by atoms with Gasteiger partial charge in [0, 0.05) is 12.7 Å². The minimum absolute atomic E-state index is 0.0457. The quantitative estimate of drug-likeness (QED) is 0.867. The van der Waals surface area contributed by atoms with Crippen LogP contribution in [-0.4, -0.2) is 52.3 Å². The summed E-state index contributed by atoms with van der Waals surface area (Å²) >= 11 is 0. The summed E-state index contributed by atoms with van der Waals surface area (Å²) in [5.41, 5.74) is 0.672. The van der Waals surface area contributed by atoms with Crippen LogP contribution in [0.3, 0.4) is 0 Å². The highest BCUT2D eigenvalue weighted by Gasteiger charge is 2.18. The summed E-state index contributed by atoms with van der Waals surface area (Å²) in [6.45, 7) is 4.91. The maximum Gasteiger partial charge on any atom is 0.350 e. The van der Waals surface area contributed by atoms with E-state index in [9.17, 15) is 4.79 Å². The summed E-state index contributed by atoms with van der Waals surface area (Å²) in [5.74, 6) is 0.796. The number of fused-ring (bicyclic) bond motifs is 1. The molecule has 0 radical (unpaired) electrons. The van der Waals surface area contributed by atoms with Crippen molar-refractivity contribution in [1.82, 2.24) is 24.4 Å². The number of nitrogens with zero attached hydrogens (tertiary/aromatic N) is 4. The maximum atomic E-state index is 12.2. The molecule has 0 aliphatic carbocycles. The zero-order valence-electron chi connectivity index (χ0n) is 12.5. The van der Waals surface area contributed by atoms with E-state index < -0.39 is 0 Å². The number of pyridine rings is 1. The van der Waals surface area contributed by atoms with Gasteiger partial charge in [0.25, 0.3) is 0 Å². The van der Waals surface area contributed by atoms with Gasteiger partial charge >= 0.3 is 5.69 Å². The second-order valence-electron chi connectivity index (χ2n) is 5.78. The Balaban J connectivity index is 1.58. The van der Waals surface area contributed by atoms with Crippen molar-refractivity contribution in [2.45, 2.75) is 19.4 Å². The molecule has 1 fully saturated rings. The molecule has 114 valence electrons. The van der Waals surface area contributed by atoms with E-state index >= 15 is 0 Å². The molecule has 0 atom stereocenters. The van der Waals surface area contributed by atoms with Gasteiger partial charge in [-0.05, 0) is 57.6 Å². The molecule has 21 heavy (non-hydrogen) atoms. The Kier molecular flexibility index (Phi) is 4.36. The minimum atomic E-state index is -0.0457. The van der Waals surface area contributed by atoms with Crippen LogP contribution in [0.15, 0.2) is 29.2 Å². The van der Waals surface area contributed by atoms with Crippen LogP contribution < -0.4 is 11.0 Å². The second-order valence-corrected chi connectivity index (χ2v) is 5.78. The molecule has 1 N–H and O–H groups in total. The van der Waals surface area contributed by atoms with Gasteiger partial charge in [0.2, 0.25) is 0 Å². The highest BCUT2D eigenvalue weighted by atomic mass is 16.2. The van der Waals surface area contributed by atoms with E-state index in [4.69, 9.17) is 0 Å². The zero-order valence-corrected chi connectivity index (χ0v) is 12.5. The third-order valence-electron chi connectivity index (χ3n) is 4.32. The van der Waals surface area contributed by atoms with Crippen molar-refractivity contribution < 1.29 is 0 Å². The Labute approximate surface area is 124 Å². The predicted octanol–water partition coefficient (Wildman–Crippen LogP) is 0.427. The monoisotopic (exact) mass is 289 g/mol. The Hall–Kier alpha value is -1.66. The highest BCUT2D eigenvalue weighted by Crippen LogP contribution is 2.15. The van der Waals surface area contributed by atoms with E-state index in [1.165, 1.54) is 12.8 Å². The van der Waals surface area contributed by atoms with Crippen LogP contribution >= 0.6 is 0 Å². The van der Waals surface area contributed by atoms with E-state index in [-0.39, 0.29) is 5.69 Å². The van der Waals surface area contributed by atoms with Gasteiger partial charge in [-0.1, -0.05) is 6.07 Å². The Morgan fingerprint density at radius 2 is 2.10 bits per heavy atom. The lowest BCUT2D eigenvalue weighted by Crippen LogP contribution is -2.39. The molecule has 3 heterocycles. The summed E-state index contributed by atoms with van der Waals surface area (Å²) in [6.07, 6.45) is 4.24. The van der Waals surface area contributed by atoms with Crippen molar-refractivity contribution in [1.29, 1.82) is 0 Å². The highest BCUT2D eigenvalue weighted by molar-refractivity contribution is 5.35. The largest absolute Gasteiger partial charge is 0.350 e. The van der Waals surface area contributed by atoms with Crippen LogP contribution in [0, 0.1) is 5.92 Å². The topological polar surface area (TPSA) is 54.6 Å². The zero-order chi connectivity index (χ0) is 14.7. The molecule has 1 aliphatic heterocycles. The molecule has 0 saturated carbocycles. The minimum Gasteiger partial charge on any atom is -0.319 e. The van der Waals surface area contributed by atoms with Gasteiger partial charge in [-0.25, -0.2) is 9.48 Å². The predicted molar refractivity (Wildman–Crippen MR) is 82.5 cm³/mol. The van der Waals surface area contributed by atoms with Crippen molar-refractivity contribution in [3.05, 3.63) is 34.9 Å². The first-order valence-corrected chi connectivity index (χ1v) is 7.69. The van der Waals surface area contributed by atoms with E-state index in [1.807, 2.05) is 25.2 Å². The molecule has 0 spiro atoms. The maximum absolute atomic E-state index is 12.2. The Morgan fingerprint density at radius 1 is 1.29 bits per heavy atom. The average molecular weight is 289 g/mol. The summed E-state index contributed by atoms with van der Waals surface area (Å²) in [6, 6.07) is 5.62. The van der Waals surface area contributed by atoms with Crippen LogP contribution in [0.2, 0.25) is 0 Å². The van der Waals surface area contributed by atoms with Gasteiger partial charge in [-0.3, -0.25) is 4.40 Å².